The first-order valence-electron chi connectivity index (χ1n) is 7.48. The summed E-state index contributed by atoms with van der Waals surface area (Å²) >= 11 is 0. The highest BCUT2D eigenvalue weighted by Gasteiger charge is 2.65. The second-order valence-electron chi connectivity index (χ2n) is 5.89. The summed E-state index contributed by atoms with van der Waals surface area (Å²) in [7, 11) is 0. The number of hydrogen-bond donors (Lipinski definition) is 2. The van der Waals surface area contributed by atoms with Gasteiger partial charge in [-0.3, -0.25) is 4.79 Å². The van der Waals surface area contributed by atoms with Crippen molar-refractivity contribution >= 4 is 5.78 Å². The number of aliphatic hydroxyl groups is 2. The molecule has 5 atom stereocenters. The van der Waals surface area contributed by atoms with Crippen LogP contribution in [-0.4, -0.2) is 40.4 Å². The van der Waals surface area contributed by atoms with Crippen molar-refractivity contribution in [3.8, 4) is 0 Å². The van der Waals surface area contributed by atoms with Gasteiger partial charge >= 0.3 is 0 Å². The Balaban J connectivity index is 2.00. The zero-order valence-corrected chi connectivity index (χ0v) is 12.0. The normalized spacial score (nSPS) is 38.0. The molecule has 0 aromatic carbocycles. The van der Waals surface area contributed by atoms with E-state index >= 15 is 0 Å². The number of fused-ring (bicyclic) bond motifs is 1. The fourth-order valence-corrected chi connectivity index (χ4v) is 3.18. The molecule has 1 unspecified atom stereocenters. The van der Waals surface area contributed by atoms with Crippen molar-refractivity contribution in [2.45, 2.75) is 63.4 Å². The lowest BCUT2D eigenvalue weighted by molar-refractivity contribution is -0.198. The van der Waals surface area contributed by atoms with Crippen molar-refractivity contribution < 1.29 is 28.5 Å². The maximum atomic E-state index is 13.9. The molecule has 0 amide bonds. The minimum absolute atomic E-state index is 0.0519. The van der Waals surface area contributed by atoms with Gasteiger partial charge in [-0.25, -0.2) is 8.78 Å². The Morgan fingerprint density at radius 1 is 1.38 bits per heavy atom. The highest BCUT2D eigenvalue weighted by atomic mass is 19.3. The highest BCUT2D eigenvalue weighted by molar-refractivity contribution is 5.89. The van der Waals surface area contributed by atoms with Crippen LogP contribution in [-0.2, 0) is 9.53 Å². The topological polar surface area (TPSA) is 66.8 Å². The molecule has 0 bridgehead atoms. The van der Waals surface area contributed by atoms with Crippen LogP contribution >= 0.6 is 0 Å². The van der Waals surface area contributed by atoms with Crippen LogP contribution in [0.4, 0.5) is 8.78 Å². The SMILES string of the molecule is CCCCCC(=O)/C=C/[C@@H]1[C@H]2CC(O)O[C@H]2C(F)(F)[C@H]1O. The largest absolute Gasteiger partial charge is 0.386 e. The molecule has 21 heavy (non-hydrogen) atoms. The standard InChI is InChI=1S/C15H22F2O4/c1-2-3-4-5-9(18)6-7-10-11-8-12(19)21-14(11)15(16,17)13(10)20/h6-7,10-14,19-20H,2-5,8H2,1H3/b7-6+/t10-,11-,12?,13+,14-/m1/s1. The van der Waals surface area contributed by atoms with Gasteiger partial charge in [-0.05, 0) is 12.5 Å². The van der Waals surface area contributed by atoms with E-state index in [1.54, 1.807) is 0 Å². The van der Waals surface area contributed by atoms with Gasteiger partial charge in [0.15, 0.2) is 12.1 Å². The number of ether oxygens (including phenoxy) is 1. The smallest absolute Gasteiger partial charge is 0.299 e. The maximum absolute atomic E-state index is 13.9. The van der Waals surface area contributed by atoms with Gasteiger partial charge in [0, 0.05) is 24.7 Å². The fourth-order valence-electron chi connectivity index (χ4n) is 3.18. The predicted octanol–water partition coefficient (Wildman–Crippen LogP) is 2.04. The van der Waals surface area contributed by atoms with Crippen LogP contribution < -0.4 is 0 Å². The molecule has 2 fully saturated rings. The van der Waals surface area contributed by atoms with E-state index in [-0.39, 0.29) is 12.2 Å². The molecule has 1 saturated carbocycles. The molecule has 0 aromatic heterocycles. The number of carbonyl (C=O) groups excluding carboxylic acids is 1. The summed E-state index contributed by atoms with van der Waals surface area (Å²) in [5, 5.41) is 19.1. The number of unbranched alkanes of at least 4 members (excludes halogenated alkanes) is 2. The van der Waals surface area contributed by atoms with Crippen molar-refractivity contribution in [1.82, 2.24) is 0 Å². The number of alkyl halides is 2. The minimum Gasteiger partial charge on any atom is -0.386 e. The van der Waals surface area contributed by atoms with Crippen molar-refractivity contribution in [2.75, 3.05) is 0 Å². The zero-order chi connectivity index (χ0) is 15.6. The van der Waals surface area contributed by atoms with Crippen LogP contribution in [0.15, 0.2) is 12.2 Å². The van der Waals surface area contributed by atoms with E-state index in [9.17, 15) is 23.8 Å². The molecule has 0 aromatic rings. The third-order valence-electron chi connectivity index (χ3n) is 4.33. The van der Waals surface area contributed by atoms with Crippen LogP contribution in [0, 0.1) is 11.8 Å². The molecule has 0 radical (unpaired) electrons. The molecule has 2 rings (SSSR count). The predicted molar refractivity (Wildman–Crippen MR) is 71.7 cm³/mol. The first kappa shape index (κ1) is 16.5. The number of rotatable bonds is 6. The minimum atomic E-state index is -3.40. The molecule has 2 N–H and O–H groups in total. The average molecular weight is 304 g/mol. The second-order valence-corrected chi connectivity index (χ2v) is 5.89. The average Bonchev–Trinajstić information content (AvgIpc) is 2.87. The quantitative estimate of drug-likeness (QED) is 0.582. The summed E-state index contributed by atoms with van der Waals surface area (Å²) in [6.07, 6.45) is 1.23. The lowest BCUT2D eigenvalue weighted by atomic mass is 9.91. The summed E-state index contributed by atoms with van der Waals surface area (Å²) in [4.78, 5) is 11.7. The molecule has 6 heteroatoms. The lowest BCUT2D eigenvalue weighted by Gasteiger charge is -2.21. The Morgan fingerprint density at radius 3 is 2.76 bits per heavy atom. The molecule has 1 heterocycles. The van der Waals surface area contributed by atoms with Gasteiger partial charge in [0.25, 0.3) is 5.92 Å². The summed E-state index contributed by atoms with van der Waals surface area (Å²) in [6, 6.07) is 0. The number of hydrogen-bond acceptors (Lipinski definition) is 4. The van der Waals surface area contributed by atoms with Crippen molar-refractivity contribution in [2.24, 2.45) is 11.8 Å². The Kier molecular flexibility index (Phi) is 5.11. The number of allylic oxidation sites excluding steroid dienone is 1. The summed E-state index contributed by atoms with van der Waals surface area (Å²) in [5.74, 6) is -5.05. The van der Waals surface area contributed by atoms with Crippen LogP contribution in [0.2, 0.25) is 0 Å². The van der Waals surface area contributed by atoms with Gasteiger partial charge in [0.05, 0.1) is 0 Å². The maximum Gasteiger partial charge on any atom is 0.299 e. The van der Waals surface area contributed by atoms with E-state index < -0.39 is 36.3 Å². The van der Waals surface area contributed by atoms with Gasteiger partial charge in [-0.15, -0.1) is 0 Å². The van der Waals surface area contributed by atoms with E-state index in [1.165, 1.54) is 12.2 Å². The number of halogens is 2. The second kappa shape index (κ2) is 6.50. The van der Waals surface area contributed by atoms with Crippen LogP contribution in [0.1, 0.15) is 39.0 Å². The Bertz CT molecular complexity index is 410. The van der Waals surface area contributed by atoms with Gasteiger partial charge in [0.2, 0.25) is 0 Å². The van der Waals surface area contributed by atoms with Crippen molar-refractivity contribution in [3.05, 3.63) is 12.2 Å². The lowest BCUT2D eigenvalue weighted by Crippen LogP contribution is -2.40. The van der Waals surface area contributed by atoms with Crippen molar-refractivity contribution in [1.29, 1.82) is 0 Å². The van der Waals surface area contributed by atoms with Gasteiger partial charge < -0.3 is 14.9 Å². The van der Waals surface area contributed by atoms with Crippen LogP contribution in [0.3, 0.4) is 0 Å². The van der Waals surface area contributed by atoms with E-state index in [2.05, 4.69) is 0 Å². The number of carbonyl (C=O) groups is 1. The third-order valence-corrected chi connectivity index (χ3v) is 4.33. The summed E-state index contributed by atoms with van der Waals surface area (Å²) in [6.45, 7) is 2.03. The van der Waals surface area contributed by atoms with E-state index in [0.29, 0.717) is 6.42 Å². The first-order chi connectivity index (χ1) is 9.87. The Hall–Kier alpha value is -0.850. The summed E-state index contributed by atoms with van der Waals surface area (Å²) in [5.41, 5.74) is 0. The molecule has 0 spiro atoms. The molecular formula is C15H22F2O4. The summed E-state index contributed by atoms with van der Waals surface area (Å²) < 4.78 is 32.6. The molecule has 120 valence electrons. The Labute approximate surface area is 122 Å². The van der Waals surface area contributed by atoms with Crippen molar-refractivity contribution in [3.63, 3.8) is 0 Å². The molecule has 4 nitrogen and oxygen atoms in total. The van der Waals surface area contributed by atoms with Crippen LogP contribution in [0.25, 0.3) is 0 Å². The third kappa shape index (κ3) is 3.33. The molecule has 1 aliphatic carbocycles. The monoisotopic (exact) mass is 304 g/mol. The van der Waals surface area contributed by atoms with E-state index in [1.807, 2.05) is 6.92 Å². The molecule has 2 aliphatic rings. The van der Waals surface area contributed by atoms with E-state index in [0.717, 1.165) is 19.3 Å². The number of aliphatic hydroxyl groups excluding tert-OH is 2. The van der Waals surface area contributed by atoms with Gasteiger partial charge in [-0.2, -0.15) is 0 Å². The molecule has 1 aliphatic heterocycles. The fraction of sp³-hybridized carbons (Fsp3) is 0.800. The van der Waals surface area contributed by atoms with E-state index in [4.69, 9.17) is 4.74 Å². The molecule has 1 saturated heterocycles. The highest BCUT2D eigenvalue weighted by Crippen LogP contribution is 2.51. The zero-order valence-electron chi connectivity index (χ0n) is 12.0. The number of ketones is 1. The van der Waals surface area contributed by atoms with Gasteiger partial charge in [0.1, 0.15) is 12.2 Å². The van der Waals surface area contributed by atoms with Crippen LogP contribution in [0.5, 0.6) is 0 Å². The molecular weight excluding hydrogens is 282 g/mol. The first-order valence-corrected chi connectivity index (χ1v) is 7.48. The van der Waals surface area contributed by atoms with Gasteiger partial charge in [-0.1, -0.05) is 25.8 Å². The Morgan fingerprint density at radius 2 is 2.10 bits per heavy atom.